The van der Waals surface area contributed by atoms with E-state index in [0.717, 1.165) is 37.4 Å². The van der Waals surface area contributed by atoms with Gasteiger partial charge in [0.05, 0.1) is 24.4 Å². The standard InChI is InChI=1S/C19H22N4O2/c1-14-10-21-19(25-14)13-23(15(2)24)18-7-8-22(12-18)11-17-6-4-3-5-16(17)9-20/h3-6,10,18H,7-8,11-13H2,1-2H3/t18-/m0/s1. The molecule has 0 unspecified atom stereocenters. The van der Waals surface area contributed by atoms with Gasteiger partial charge in [0, 0.05) is 32.6 Å². The fourth-order valence-electron chi connectivity index (χ4n) is 3.34. The van der Waals surface area contributed by atoms with E-state index in [9.17, 15) is 10.1 Å². The first kappa shape index (κ1) is 17.2. The quantitative estimate of drug-likeness (QED) is 0.837. The first-order valence-corrected chi connectivity index (χ1v) is 8.45. The van der Waals surface area contributed by atoms with Gasteiger partial charge in [-0.2, -0.15) is 5.26 Å². The number of amides is 1. The summed E-state index contributed by atoms with van der Waals surface area (Å²) in [5, 5.41) is 9.23. The topological polar surface area (TPSA) is 73.4 Å². The average molecular weight is 338 g/mol. The summed E-state index contributed by atoms with van der Waals surface area (Å²) in [6.07, 6.45) is 2.58. The third-order valence-corrected chi connectivity index (χ3v) is 4.60. The molecule has 2 heterocycles. The van der Waals surface area contributed by atoms with Crippen molar-refractivity contribution in [2.45, 2.75) is 39.4 Å². The number of aromatic nitrogens is 1. The van der Waals surface area contributed by atoms with Gasteiger partial charge in [-0.1, -0.05) is 18.2 Å². The Morgan fingerprint density at radius 1 is 1.48 bits per heavy atom. The summed E-state index contributed by atoms with van der Waals surface area (Å²) >= 11 is 0. The van der Waals surface area contributed by atoms with Crippen LogP contribution < -0.4 is 0 Å². The van der Waals surface area contributed by atoms with E-state index in [1.165, 1.54) is 0 Å². The Hall–Kier alpha value is -2.65. The molecule has 0 aliphatic carbocycles. The first-order valence-electron chi connectivity index (χ1n) is 8.45. The summed E-state index contributed by atoms with van der Waals surface area (Å²) in [7, 11) is 0. The lowest BCUT2D eigenvalue weighted by Gasteiger charge is -2.27. The zero-order valence-electron chi connectivity index (χ0n) is 14.6. The molecule has 25 heavy (non-hydrogen) atoms. The molecule has 1 aliphatic heterocycles. The zero-order chi connectivity index (χ0) is 17.8. The van der Waals surface area contributed by atoms with E-state index < -0.39 is 0 Å². The van der Waals surface area contributed by atoms with Crippen molar-refractivity contribution in [3.8, 4) is 6.07 Å². The van der Waals surface area contributed by atoms with Gasteiger partial charge in [-0.3, -0.25) is 9.69 Å². The molecule has 1 aromatic heterocycles. The molecule has 2 aromatic rings. The molecule has 1 aliphatic rings. The Morgan fingerprint density at radius 3 is 2.96 bits per heavy atom. The molecule has 0 N–H and O–H groups in total. The number of benzene rings is 1. The second kappa shape index (κ2) is 7.49. The van der Waals surface area contributed by atoms with Crippen LogP contribution in [0.3, 0.4) is 0 Å². The number of hydrogen-bond acceptors (Lipinski definition) is 5. The summed E-state index contributed by atoms with van der Waals surface area (Å²) < 4.78 is 5.52. The van der Waals surface area contributed by atoms with E-state index in [-0.39, 0.29) is 11.9 Å². The lowest BCUT2D eigenvalue weighted by Crippen LogP contribution is -2.40. The van der Waals surface area contributed by atoms with E-state index in [2.05, 4.69) is 16.0 Å². The number of aryl methyl sites for hydroxylation is 1. The van der Waals surface area contributed by atoms with Crippen molar-refractivity contribution in [2.75, 3.05) is 13.1 Å². The van der Waals surface area contributed by atoms with Crippen molar-refractivity contribution in [2.24, 2.45) is 0 Å². The maximum atomic E-state index is 12.1. The number of carbonyl (C=O) groups is 1. The Balaban J connectivity index is 1.65. The van der Waals surface area contributed by atoms with Gasteiger partial charge in [0.15, 0.2) is 0 Å². The van der Waals surface area contributed by atoms with Gasteiger partial charge < -0.3 is 9.32 Å². The third kappa shape index (κ3) is 4.06. The summed E-state index contributed by atoms with van der Waals surface area (Å²) in [5.41, 5.74) is 1.74. The minimum Gasteiger partial charge on any atom is -0.444 e. The van der Waals surface area contributed by atoms with E-state index in [1.54, 1.807) is 13.1 Å². The first-order chi connectivity index (χ1) is 12.1. The van der Waals surface area contributed by atoms with Crippen molar-refractivity contribution < 1.29 is 9.21 Å². The van der Waals surface area contributed by atoms with Crippen LogP contribution in [0.15, 0.2) is 34.9 Å². The number of carbonyl (C=O) groups excluding carboxylic acids is 1. The second-order valence-corrected chi connectivity index (χ2v) is 6.46. The van der Waals surface area contributed by atoms with Crippen molar-refractivity contribution in [1.82, 2.24) is 14.8 Å². The van der Waals surface area contributed by atoms with Gasteiger partial charge in [0.1, 0.15) is 5.76 Å². The lowest BCUT2D eigenvalue weighted by molar-refractivity contribution is -0.132. The molecule has 0 radical (unpaired) electrons. The Morgan fingerprint density at radius 2 is 2.28 bits per heavy atom. The highest BCUT2D eigenvalue weighted by Crippen LogP contribution is 2.21. The van der Waals surface area contributed by atoms with Crippen molar-refractivity contribution in [3.05, 3.63) is 53.2 Å². The zero-order valence-corrected chi connectivity index (χ0v) is 14.6. The molecule has 0 spiro atoms. The molecule has 1 amide bonds. The highest BCUT2D eigenvalue weighted by Gasteiger charge is 2.30. The molecule has 0 bridgehead atoms. The van der Waals surface area contributed by atoms with E-state index in [4.69, 9.17) is 4.42 Å². The molecule has 3 rings (SSSR count). The predicted molar refractivity (Wildman–Crippen MR) is 92.3 cm³/mol. The van der Waals surface area contributed by atoms with E-state index >= 15 is 0 Å². The monoisotopic (exact) mass is 338 g/mol. The Kier molecular flexibility index (Phi) is 5.15. The molecule has 1 atom stereocenters. The van der Waals surface area contributed by atoms with Gasteiger partial charge in [-0.25, -0.2) is 4.98 Å². The van der Waals surface area contributed by atoms with Crippen LogP contribution in [0.25, 0.3) is 0 Å². The maximum Gasteiger partial charge on any atom is 0.220 e. The van der Waals surface area contributed by atoms with Crippen LogP contribution in [0.2, 0.25) is 0 Å². The van der Waals surface area contributed by atoms with Crippen molar-refractivity contribution in [3.63, 3.8) is 0 Å². The van der Waals surface area contributed by atoms with Crippen molar-refractivity contribution in [1.29, 1.82) is 5.26 Å². The van der Waals surface area contributed by atoms with Crippen LogP contribution >= 0.6 is 0 Å². The molecule has 0 saturated carbocycles. The fourth-order valence-corrected chi connectivity index (χ4v) is 3.34. The van der Waals surface area contributed by atoms with Crippen LogP contribution in [0.5, 0.6) is 0 Å². The van der Waals surface area contributed by atoms with Crippen molar-refractivity contribution >= 4 is 5.91 Å². The lowest BCUT2D eigenvalue weighted by atomic mass is 10.1. The minimum absolute atomic E-state index is 0.0279. The fraction of sp³-hybridized carbons (Fsp3) is 0.421. The largest absolute Gasteiger partial charge is 0.444 e. The molecule has 1 saturated heterocycles. The summed E-state index contributed by atoms with van der Waals surface area (Å²) in [4.78, 5) is 20.4. The number of rotatable bonds is 5. The molecule has 130 valence electrons. The molecule has 1 aromatic carbocycles. The van der Waals surface area contributed by atoms with Gasteiger partial charge in [0.25, 0.3) is 0 Å². The van der Waals surface area contributed by atoms with E-state index in [1.807, 2.05) is 36.1 Å². The number of hydrogen-bond donors (Lipinski definition) is 0. The SMILES string of the molecule is CC(=O)N(Cc1ncc(C)o1)[C@H]1CCN(Cc2ccccc2C#N)C1. The normalized spacial score (nSPS) is 17.4. The number of likely N-dealkylation sites (tertiary alicyclic amines) is 1. The average Bonchev–Trinajstić information content (AvgIpc) is 3.22. The molecule has 1 fully saturated rings. The second-order valence-electron chi connectivity index (χ2n) is 6.46. The van der Waals surface area contributed by atoms with Crippen LogP contribution in [0.4, 0.5) is 0 Å². The number of oxazole rings is 1. The van der Waals surface area contributed by atoms with Gasteiger partial charge in [0.2, 0.25) is 11.8 Å². The smallest absolute Gasteiger partial charge is 0.220 e. The number of nitriles is 1. The highest BCUT2D eigenvalue weighted by molar-refractivity contribution is 5.73. The maximum absolute atomic E-state index is 12.1. The molecule has 6 nitrogen and oxygen atoms in total. The Labute approximate surface area is 147 Å². The Bertz CT molecular complexity index is 793. The number of nitrogens with zero attached hydrogens (tertiary/aromatic N) is 4. The molecule has 6 heteroatoms. The highest BCUT2D eigenvalue weighted by atomic mass is 16.4. The molecular weight excluding hydrogens is 316 g/mol. The van der Waals surface area contributed by atoms with Crippen LogP contribution in [0.1, 0.15) is 36.1 Å². The van der Waals surface area contributed by atoms with Crippen LogP contribution in [-0.4, -0.2) is 39.8 Å². The summed E-state index contributed by atoms with van der Waals surface area (Å²) in [6.45, 7) is 6.25. The summed E-state index contributed by atoms with van der Waals surface area (Å²) in [5.74, 6) is 1.35. The summed E-state index contributed by atoms with van der Waals surface area (Å²) in [6, 6.07) is 10.1. The van der Waals surface area contributed by atoms with Gasteiger partial charge >= 0.3 is 0 Å². The van der Waals surface area contributed by atoms with Crippen LogP contribution in [-0.2, 0) is 17.9 Å². The minimum atomic E-state index is 0.0279. The van der Waals surface area contributed by atoms with Crippen LogP contribution in [0, 0.1) is 18.3 Å². The van der Waals surface area contributed by atoms with E-state index in [0.29, 0.717) is 18.0 Å². The predicted octanol–water partition coefficient (Wildman–Crippen LogP) is 2.48. The molecular formula is C19H22N4O2. The van der Waals surface area contributed by atoms with Gasteiger partial charge in [-0.15, -0.1) is 0 Å². The third-order valence-electron chi connectivity index (χ3n) is 4.60. The van der Waals surface area contributed by atoms with Gasteiger partial charge in [-0.05, 0) is 25.0 Å².